The average molecular weight is 637 g/mol. The lowest BCUT2D eigenvalue weighted by molar-refractivity contribution is 0.148. The SMILES string of the molecule is CCCCCCCCCCCCCCCCCCCN1C=CN(CCCCCCCCCCCCCCC)C1Cc1ccccc1. The normalized spacial score (nSPS) is 14.6. The van der Waals surface area contributed by atoms with E-state index in [4.69, 9.17) is 0 Å². The Balaban J connectivity index is 1.49. The molecule has 0 saturated carbocycles. The van der Waals surface area contributed by atoms with Crippen molar-refractivity contribution in [3.05, 3.63) is 48.3 Å². The minimum absolute atomic E-state index is 0.501. The Bertz CT molecular complexity index is 773. The lowest BCUT2D eigenvalue weighted by atomic mass is 10.0. The van der Waals surface area contributed by atoms with Gasteiger partial charge in [-0.1, -0.05) is 224 Å². The van der Waals surface area contributed by atoms with Crippen molar-refractivity contribution in [2.24, 2.45) is 0 Å². The van der Waals surface area contributed by atoms with Gasteiger partial charge in [0, 0.05) is 31.9 Å². The standard InChI is InChI=1S/C44H80N2/c1-3-5-7-9-11-13-15-17-18-19-20-22-24-26-28-30-35-39-46-41-40-45(44(46)42-43-36-32-31-33-37-43)38-34-29-27-25-23-21-16-14-12-10-8-6-4-2/h31-33,36-37,40-41,44H,3-30,34-35,38-39,42H2,1-2H3. The second-order valence-corrected chi connectivity index (χ2v) is 14.8. The third-order valence-electron chi connectivity index (χ3n) is 10.5. The molecule has 2 nitrogen and oxygen atoms in total. The Labute approximate surface area is 289 Å². The fraction of sp³-hybridized carbons (Fsp3) is 0.818. The number of hydrogen-bond donors (Lipinski definition) is 0. The molecule has 1 heterocycles. The van der Waals surface area contributed by atoms with Crippen molar-refractivity contribution >= 4 is 0 Å². The van der Waals surface area contributed by atoms with E-state index >= 15 is 0 Å². The molecule has 0 N–H and O–H groups in total. The van der Waals surface area contributed by atoms with Gasteiger partial charge in [-0.3, -0.25) is 0 Å². The molecular formula is C44H80N2. The van der Waals surface area contributed by atoms with Crippen LogP contribution in [0, 0.1) is 0 Å². The predicted octanol–water partition coefficient (Wildman–Crippen LogP) is 14.4. The van der Waals surface area contributed by atoms with Gasteiger partial charge in [-0.2, -0.15) is 0 Å². The fourth-order valence-electron chi connectivity index (χ4n) is 7.40. The van der Waals surface area contributed by atoms with Crippen LogP contribution in [0.25, 0.3) is 0 Å². The first-order chi connectivity index (χ1) is 22.8. The van der Waals surface area contributed by atoms with Crippen molar-refractivity contribution in [1.82, 2.24) is 9.80 Å². The Morgan fingerprint density at radius 1 is 0.370 bits per heavy atom. The predicted molar refractivity (Wildman–Crippen MR) is 206 cm³/mol. The fourth-order valence-corrected chi connectivity index (χ4v) is 7.40. The van der Waals surface area contributed by atoms with Gasteiger partial charge in [-0.15, -0.1) is 0 Å². The Morgan fingerprint density at radius 2 is 0.652 bits per heavy atom. The molecule has 0 aliphatic carbocycles. The quantitative estimate of drug-likeness (QED) is 0.0694. The second-order valence-electron chi connectivity index (χ2n) is 14.8. The minimum atomic E-state index is 0.501. The summed E-state index contributed by atoms with van der Waals surface area (Å²) in [6.45, 7) is 7.04. The Kier molecular flexibility index (Phi) is 27.3. The van der Waals surface area contributed by atoms with Crippen molar-refractivity contribution in [2.45, 2.75) is 219 Å². The Morgan fingerprint density at radius 3 is 0.957 bits per heavy atom. The third-order valence-corrected chi connectivity index (χ3v) is 10.5. The molecule has 0 saturated heterocycles. The van der Waals surface area contributed by atoms with Crippen LogP contribution in [0.3, 0.4) is 0 Å². The molecule has 266 valence electrons. The van der Waals surface area contributed by atoms with E-state index in [9.17, 15) is 0 Å². The van der Waals surface area contributed by atoms with E-state index in [1.807, 2.05) is 0 Å². The van der Waals surface area contributed by atoms with Crippen LogP contribution < -0.4 is 0 Å². The number of hydrogen-bond acceptors (Lipinski definition) is 2. The molecule has 1 aromatic carbocycles. The lowest BCUT2D eigenvalue weighted by Crippen LogP contribution is -2.41. The molecule has 1 aliphatic rings. The molecular weight excluding hydrogens is 556 g/mol. The van der Waals surface area contributed by atoms with E-state index in [-0.39, 0.29) is 0 Å². The van der Waals surface area contributed by atoms with Crippen LogP contribution in [0.4, 0.5) is 0 Å². The zero-order valence-electron chi connectivity index (χ0n) is 31.3. The van der Waals surface area contributed by atoms with Gasteiger partial charge in [0.1, 0.15) is 6.17 Å². The zero-order valence-corrected chi connectivity index (χ0v) is 31.3. The van der Waals surface area contributed by atoms with Gasteiger partial charge in [-0.25, -0.2) is 0 Å². The largest absolute Gasteiger partial charge is 0.356 e. The number of unbranched alkanes of at least 4 members (excludes halogenated alkanes) is 28. The average Bonchev–Trinajstić information content (AvgIpc) is 3.45. The molecule has 0 spiro atoms. The van der Waals surface area contributed by atoms with Crippen LogP contribution in [0.5, 0.6) is 0 Å². The summed E-state index contributed by atoms with van der Waals surface area (Å²) in [6.07, 6.45) is 49.5. The third kappa shape index (κ3) is 22.2. The van der Waals surface area contributed by atoms with E-state index in [1.54, 1.807) is 0 Å². The van der Waals surface area contributed by atoms with Gasteiger partial charge in [0.2, 0.25) is 0 Å². The van der Waals surface area contributed by atoms with Crippen molar-refractivity contribution < 1.29 is 0 Å². The molecule has 0 aromatic heterocycles. The molecule has 0 bridgehead atoms. The van der Waals surface area contributed by atoms with E-state index in [0.29, 0.717) is 6.17 Å². The number of nitrogens with zero attached hydrogens (tertiary/aromatic N) is 2. The first-order valence-electron chi connectivity index (χ1n) is 21.1. The summed E-state index contributed by atoms with van der Waals surface area (Å²) in [5.74, 6) is 0. The van der Waals surface area contributed by atoms with Crippen molar-refractivity contribution in [3.63, 3.8) is 0 Å². The lowest BCUT2D eigenvalue weighted by Gasteiger charge is -2.33. The highest BCUT2D eigenvalue weighted by Gasteiger charge is 2.25. The Hall–Kier alpha value is -1.44. The summed E-state index contributed by atoms with van der Waals surface area (Å²) in [6, 6.07) is 11.2. The van der Waals surface area contributed by atoms with E-state index in [0.717, 1.165) is 6.42 Å². The van der Waals surface area contributed by atoms with E-state index in [2.05, 4.69) is 66.4 Å². The first-order valence-corrected chi connectivity index (χ1v) is 21.1. The molecule has 1 atom stereocenters. The monoisotopic (exact) mass is 637 g/mol. The highest BCUT2D eigenvalue weighted by molar-refractivity contribution is 5.17. The summed E-state index contributed by atoms with van der Waals surface area (Å²) >= 11 is 0. The van der Waals surface area contributed by atoms with Crippen LogP contribution in [0.1, 0.15) is 212 Å². The summed E-state index contributed by atoms with van der Waals surface area (Å²) < 4.78 is 0. The zero-order chi connectivity index (χ0) is 32.6. The van der Waals surface area contributed by atoms with E-state index in [1.165, 1.54) is 211 Å². The highest BCUT2D eigenvalue weighted by Crippen LogP contribution is 2.23. The molecule has 1 unspecified atom stereocenters. The van der Waals surface area contributed by atoms with Gasteiger partial charge < -0.3 is 9.80 Å². The summed E-state index contributed by atoms with van der Waals surface area (Å²) in [5.41, 5.74) is 1.47. The van der Waals surface area contributed by atoms with Crippen molar-refractivity contribution in [2.75, 3.05) is 13.1 Å². The van der Waals surface area contributed by atoms with Gasteiger partial charge in [0.15, 0.2) is 0 Å². The highest BCUT2D eigenvalue weighted by atomic mass is 15.4. The minimum Gasteiger partial charge on any atom is -0.356 e. The van der Waals surface area contributed by atoms with Gasteiger partial charge in [0.05, 0.1) is 0 Å². The van der Waals surface area contributed by atoms with Crippen LogP contribution >= 0.6 is 0 Å². The number of rotatable bonds is 34. The molecule has 1 aromatic rings. The van der Waals surface area contributed by atoms with Crippen LogP contribution in [-0.4, -0.2) is 29.1 Å². The first kappa shape index (κ1) is 40.7. The van der Waals surface area contributed by atoms with E-state index < -0.39 is 0 Å². The van der Waals surface area contributed by atoms with Gasteiger partial charge in [0.25, 0.3) is 0 Å². The summed E-state index contributed by atoms with van der Waals surface area (Å²) in [4.78, 5) is 5.31. The molecule has 1 aliphatic heterocycles. The summed E-state index contributed by atoms with van der Waals surface area (Å²) in [7, 11) is 0. The maximum atomic E-state index is 2.65. The maximum Gasteiger partial charge on any atom is 0.105 e. The topological polar surface area (TPSA) is 6.48 Å². The second kappa shape index (κ2) is 30.9. The van der Waals surface area contributed by atoms with Crippen LogP contribution in [0.2, 0.25) is 0 Å². The maximum absolute atomic E-state index is 2.65. The molecule has 2 rings (SSSR count). The molecule has 0 fully saturated rings. The molecule has 0 amide bonds. The van der Waals surface area contributed by atoms with Crippen LogP contribution in [0.15, 0.2) is 42.7 Å². The molecule has 0 radical (unpaired) electrons. The van der Waals surface area contributed by atoms with Gasteiger partial charge >= 0.3 is 0 Å². The molecule has 2 heteroatoms. The number of benzene rings is 1. The van der Waals surface area contributed by atoms with Crippen molar-refractivity contribution in [3.8, 4) is 0 Å². The molecule has 46 heavy (non-hydrogen) atoms. The smallest absolute Gasteiger partial charge is 0.105 e. The summed E-state index contributed by atoms with van der Waals surface area (Å²) in [5, 5.41) is 0. The van der Waals surface area contributed by atoms with Crippen LogP contribution in [-0.2, 0) is 6.42 Å². The van der Waals surface area contributed by atoms with Gasteiger partial charge in [-0.05, 0) is 18.4 Å². The van der Waals surface area contributed by atoms with Crippen molar-refractivity contribution in [1.29, 1.82) is 0 Å².